The highest BCUT2D eigenvalue weighted by Crippen LogP contribution is 2.35. The van der Waals surface area contributed by atoms with Crippen molar-refractivity contribution in [3.63, 3.8) is 0 Å². The van der Waals surface area contributed by atoms with Crippen molar-refractivity contribution in [1.29, 1.82) is 0 Å². The van der Waals surface area contributed by atoms with Gasteiger partial charge in [-0.05, 0) is 24.6 Å². The van der Waals surface area contributed by atoms with Crippen LogP contribution in [0.2, 0.25) is 0 Å². The Bertz CT molecular complexity index is 1230. The van der Waals surface area contributed by atoms with Crippen LogP contribution < -0.4 is 5.32 Å². The minimum Gasteiger partial charge on any atom is -0.379 e. The summed E-state index contributed by atoms with van der Waals surface area (Å²) in [5, 5.41) is 13.4. The van der Waals surface area contributed by atoms with E-state index in [2.05, 4.69) is 20.5 Å². The second kappa shape index (κ2) is 7.82. The predicted molar refractivity (Wildman–Crippen MR) is 112 cm³/mol. The molecule has 4 heterocycles. The minimum atomic E-state index is -0.814. The first-order valence-corrected chi connectivity index (χ1v) is 10.3. The summed E-state index contributed by atoms with van der Waals surface area (Å²) in [7, 11) is 1.66. The van der Waals surface area contributed by atoms with E-state index in [1.807, 2.05) is 6.07 Å². The highest BCUT2D eigenvalue weighted by molar-refractivity contribution is 7.17. The molecule has 0 aliphatic carbocycles. The van der Waals surface area contributed by atoms with Crippen LogP contribution in [0.5, 0.6) is 0 Å². The Kier molecular flexibility index (Phi) is 5.01. The number of hydrogen-bond donors (Lipinski definition) is 1. The minimum absolute atomic E-state index is 0.0423. The van der Waals surface area contributed by atoms with Crippen LogP contribution in [0.15, 0.2) is 36.7 Å². The summed E-state index contributed by atoms with van der Waals surface area (Å²) < 4.78 is 39.0. The van der Waals surface area contributed by atoms with Gasteiger partial charge in [0.05, 0.1) is 12.6 Å². The second-order valence-corrected chi connectivity index (χ2v) is 8.11. The number of nitrogens with zero attached hydrogens (tertiary/aromatic N) is 3. The first kappa shape index (κ1) is 19.2. The third-order valence-electron chi connectivity index (χ3n) is 5.37. The maximum atomic E-state index is 13.9. The zero-order chi connectivity index (χ0) is 20.7. The van der Waals surface area contributed by atoms with E-state index in [-0.39, 0.29) is 17.5 Å². The topological polar surface area (TPSA) is 69.2 Å². The van der Waals surface area contributed by atoms with Crippen molar-refractivity contribution in [2.75, 3.05) is 25.6 Å². The number of hydrogen-bond acceptors (Lipinski definition) is 7. The molecule has 2 atom stereocenters. The number of ether oxygens (including phenoxy) is 2. The Balaban J connectivity index is 1.57. The fourth-order valence-electron chi connectivity index (χ4n) is 3.78. The molecule has 0 spiro atoms. The first-order chi connectivity index (χ1) is 14.7. The third kappa shape index (κ3) is 3.28. The van der Waals surface area contributed by atoms with Gasteiger partial charge in [-0.2, -0.15) is 4.39 Å². The Labute approximate surface area is 174 Å². The van der Waals surface area contributed by atoms with E-state index in [9.17, 15) is 8.78 Å². The predicted octanol–water partition coefficient (Wildman–Crippen LogP) is 4.40. The number of aromatic nitrogens is 3. The molecule has 1 aliphatic rings. The number of halogens is 2. The molecule has 4 aromatic rings. The highest BCUT2D eigenvalue weighted by atomic mass is 32.1. The van der Waals surface area contributed by atoms with Crippen molar-refractivity contribution in [3.05, 3.63) is 47.6 Å². The Hall–Kier alpha value is -2.75. The summed E-state index contributed by atoms with van der Waals surface area (Å²) in [6.07, 6.45) is 4.13. The second-order valence-electron chi connectivity index (χ2n) is 7.11. The number of methoxy groups -OCH3 is 1. The van der Waals surface area contributed by atoms with E-state index >= 15 is 0 Å². The Morgan fingerprint density at radius 2 is 2.07 bits per heavy atom. The van der Waals surface area contributed by atoms with E-state index in [1.165, 1.54) is 0 Å². The third-order valence-corrected chi connectivity index (χ3v) is 6.29. The molecule has 1 N–H and O–H groups in total. The largest absolute Gasteiger partial charge is 0.379 e. The van der Waals surface area contributed by atoms with Crippen LogP contribution >= 0.6 is 11.3 Å². The lowest BCUT2D eigenvalue weighted by molar-refractivity contribution is -0.0366. The zero-order valence-electron chi connectivity index (χ0n) is 16.1. The normalized spacial score (nSPS) is 19.4. The molecule has 0 unspecified atom stereocenters. The van der Waals surface area contributed by atoms with Crippen molar-refractivity contribution < 1.29 is 18.3 Å². The van der Waals surface area contributed by atoms with Gasteiger partial charge in [-0.25, -0.2) is 4.39 Å². The molecule has 3 aromatic heterocycles. The Morgan fingerprint density at radius 3 is 2.93 bits per heavy atom. The lowest BCUT2D eigenvalue weighted by Gasteiger charge is -2.31. The van der Waals surface area contributed by atoms with E-state index in [0.717, 1.165) is 34.1 Å². The average molecular weight is 428 g/mol. The van der Waals surface area contributed by atoms with Gasteiger partial charge < -0.3 is 14.8 Å². The molecule has 0 radical (unpaired) electrons. The van der Waals surface area contributed by atoms with Gasteiger partial charge in [0.15, 0.2) is 11.6 Å². The highest BCUT2D eigenvalue weighted by Gasteiger charge is 2.27. The molecule has 1 saturated heterocycles. The summed E-state index contributed by atoms with van der Waals surface area (Å²) in [6.45, 7) is 1.16. The monoisotopic (exact) mass is 428 g/mol. The number of fused-ring (bicyclic) bond motifs is 2. The SMILES string of the molecule is CO[C@@H]1COCC[C@H]1Nc1nnc(-c2ccc3c(F)c(F)sc3c2)c2ccncc12. The standard InChI is InChI=1S/C21H18F2N4O2S/c1-28-16-10-29-7-5-15(16)25-21-14-9-24-6-4-12(14)19(26-27-21)11-2-3-13-17(8-11)30-20(23)18(13)22/h2-4,6,8-9,15-16H,5,7,10H2,1H3,(H,25,27)/t15-,16-/m1/s1. The number of rotatable bonds is 4. The fraction of sp³-hybridized carbons (Fsp3) is 0.286. The van der Waals surface area contributed by atoms with Crippen LogP contribution in [-0.2, 0) is 9.47 Å². The molecule has 6 nitrogen and oxygen atoms in total. The zero-order valence-corrected chi connectivity index (χ0v) is 16.9. The summed E-state index contributed by atoms with van der Waals surface area (Å²) in [5.41, 5.74) is 1.36. The maximum Gasteiger partial charge on any atom is 0.213 e. The van der Waals surface area contributed by atoms with E-state index in [4.69, 9.17) is 9.47 Å². The van der Waals surface area contributed by atoms with Gasteiger partial charge in [-0.3, -0.25) is 4.98 Å². The summed E-state index contributed by atoms with van der Waals surface area (Å²) in [5.74, 6) is -0.199. The van der Waals surface area contributed by atoms with E-state index in [1.54, 1.807) is 37.7 Å². The van der Waals surface area contributed by atoms with Gasteiger partial charge in [-0.1, -0.05) is 6.07 Å². The summed E-state index contributed by atoms with van der Waals surface area (Å²) in [4.78, 5) is 4.24. The lowest BCUT2D eigenvalue weighted by Crippen LogP contribution is -2.43. The molecule has 1 fully saturated rings. The summed E-state index contributed by atoms with van der Waals surface area (Å²) in [6, 6.07) is 6.95. The van der Waals surface area contributed by atoms with Crippen LogP contribution in [0.3, 0.4) is 0 Å². The smallest absolute Gasteiger partial charge is 0.213 e. The van der Waals surface area contributed by atoms with Crippen LogP contribution in [0.1, 0.15) is 6.42 Å². The molecule has 5 rings (SSSR count). The fourth-order valence-corrected chi connectivity index (χ4v) is 4.63. The van der Waals surface area contributed by atoms with Gasteiger partial charge in [0, 0.05) is 52.5 Å². The molecular weight excluding hydrogens is 410 g/mol. The first-order valence-electron chi connectivity index (χ1n) is 9.51. The average Bonchev–Trinajstić information content (AvgIpc) is 3.07. The quantitative estimate of drug-likeness (QED) is 0.520. The summed E-state index contributed by atoms with van der Waals surface area (Å²) >= 11 is 0.782. The molecule has 0 saturated carbocycles. The number of anilines is 1. The molecule has 1 aliphatic heterocycles. The van der Waals surface area contributed by atoms with Crippen molar-refractivity contribution in [2.45, 2.75) is 18.6 Å². The number of nitrogens with one attached hydrogen (secondary N) is 1. The van der Waals surface area contributed by atoms with Gasteiger partial charge in [-0.15, -0.1) is 21.5 Å². The lowest BCUT2D eigenvalue weighted by atomic mass is 10.0. The maximum absolute atomic E-state index is 13.9. The van der Waals surface area contributed by atoms with Crippen LogP contribution in [0.25, 0.3) is 32.1 Å². The molecule has 1 aromatic carbocycles. The molecular formula is C21H18F2N4O2S. The van der Waals surface area contributed by atoms with E-state index < -0.39 is 10.9 Å². The number of thiophene rings is 1. The van der Waals surface area contributed by atoms with Crippen molar-refractivity contribution >= 4 is 38.0 Å². The van der Waals surface area contributed by atoms with Crippen molar-refractivity contribution in [1.82, 2.24) is 15.2 Å². The number of pyridine rings is 1. The van der Waals surface area contributed by atoms with Gasteiger partial charge in [0.25, 0.3) is 0 Å². The molecule has 154 valence electrons. The van der Waals surface area contributed by atoms with Crippen LogP contribution in [-0.4, -0.2) is 47.7 Å². The molecule has 0 bridgehead atoms. The van der Waals surface area contributed by atoms with Crippen molar-refractivity contribution in [3.8, 4) is 11.3 Å². The van der Waals surface area contributed by atoms with Gasteiger partial charge in [0.1, 0.15) is 11.8 Å². The molecule has 9 heteroatoms. The van der Waals surface area contributed by atoms with E-state index in [0.29, 0.717) is 29.4 Å². The van der Waals surface area contributed by atoms with Crippen LogP contribution in [0.4, 0.5) is 14.6 Å². The number of benzene rings is 1. The van der Waals surface area contributed by atoms with Crippen LogP contribution in [0, 0.1) is 10.9 Å². The molecule has 0 amide bonds. The van der Waals surface area contributed by atoms with Gasteiger partial charge in [0.2, 0.25) is 5.13 Å². The molecule has 30 heavy (non-hydrogen) atoms. The van der Waals surface area contributed by atoms with Gasteiger partial charge >= 0.3 is 0 Å². The van der Waals surface area contributed by atoms with Crippen molar-refractivity contribution in [2.24, 2.45) is 0 Å². The Morgan fingerprint density at radius 1 is 1.17 bits per heavy atom.